The van der Waals surface area contributed by atoms with Crippen molar-refractivity contribution < 1.29 is 5.11 Å². The Morgan fingerprint density at radius 2 is 1.55 bits per heavy atom. The minimum absolute atomic E-state index is 0.221. The van der Waals surface area contributed by atoms with Crippen LogP contribution in [-0.2, 0) is 0 Å². The van der Waals surface area contributed by atoms with Crippen molar-refractivity contribution in [1.29, 1.82) is 0 Å². The van der Waals surface area contributed by atoms with Gasteiger partial charge in [0.15, 0.2) is 0 Å². The highest BCUT2D eigenvalue weighted by molar-refractivity contribution is 4.66. The minimum Gasteiger partial charge on any atom is -0.393 e. The Balaban J connectivity index is 0. The highest BCUT2D eigenvalue weighted by Gasteiger charge is 2.07. The lowest BCUT2D eigenvalue weighted by atomic mass is 10.1. The second-order valence-corrected chi connectivity index (χ2v) is 5.56. The summed E-state index contributed by atoms with van der Waals surface area (Å²) in [5.41, 5.74) is 0. The van der Waals surface area contributed by atoms with Gasteiger partial charge in [0.2, 0.25) is 0 Å². The molecule has 0 aliphatic carbocycles. The van der Waals surface area contributed by atoms with Gasteiger partial charge in [-0.25, -0.2) is 0 Å². The predicted molar refractivity (Wildman–Crippen MR) is 88.4 cm³/mol. The SMILES string of the molecule is CCCCCC(C)N=NC(CC)CCC(C)O.CNC. The smallest absolute Gasteiger partial charge is 0.0706 e. The molecule has 0 amide bonds. The van der Waals surface area contributed by atoms with E-state index in [-0.39, 0.29) is 6.10 Å². The van der Waals surface area contributed by atoms with E-state index in [0.717, 1.165) is 25.7 Å². The van der Waals surface area contributed by atoms with E-state index < -0.39 is 0 Å². The van der Waals surface area contributed by atoms with Gasteiger partial charge in [-0.05, 0) is 53.6 Å². The zero-order valence-electron chi connectivity index (χ0n) is 14.5. The molecule has 20 heavy (non-hydrogen) atoms. The molecule has 0 bridgehead atoms. The number of aliphatic hydroxyl groups excluding tert-OH is 1. The van der Waals surface area contributed by atoms with Gasteiger partial charge in [-0.15, -0.1) is 0 Å². The second kappa shape index (κ2) is 16.6. The maximum Gasteiger partial charge on any atom is 0.0706 e. The molecule has 0 saturated heterocycles. The maximum atomic E-state index is 9.25. The van der Waals surface area contributed by atoms with Gasteiger partial charge in [-0.1, -0.05) is 33.1 Å². The molecule has 0 aromatic carbocycles. The summed E-state index contributed by atoms with van der Waals surface area (Å²) in [5, 5.41) is 20.8. The average molecular weight is 287 g/mol. The van der Waals surface area contributed by atoms with E-state index in [4.69, 9.17) is 0 Å². The summed E-state index contributed by atoms with van der Waals surface area (Å²) < 4.78 is 0. The van der Waals surface area contributed by atoms with Gasteiger partial charge in [0.05, 0.1) is 18.2 Å². The number of azo groups is 1. The van der Waals surface area contributed by atoms with Gasteiger partial charge >= 0.3 is 0 Å². The molecule has 3 unspecified atom stereocenters. The molecule has 0 fully saturated rings. The number of hydrogen-bond donors (Lipinski definition) is 2. The quantitative estimate of drug-likeness (QED) is 0.468. The fourth-order valence-electron chi connectivity index (χ4n) is 1.73. The van der Waals surface area contributed by atoms with Crippen molar-refractivity contribution in [2.75, 3.05) is 14.1 Å². The molecule has 4 nitrogen and oxygen atoms in total. The number of nitrogens with zero attached hydrogens (tertiary/aromatic N) is 2. The van der Waals surface area contributed by atoms with E-state index in [0.29, 0.717) is 12.1 Å². The van der Waals surface area contributed by atoms with E-state index in [1.165, 1.54) is 19.3 Å². The summed E-state index contributed by atoms with van der Waals surface area (Å²) >= 11 is 0. The summed E-state index contributed by atoms with van der Waals surface area (Å²) in [6.45, 7) is 8.32. The van der Waals surface area contributed by atoms with Crippen LogP contribution >= 0.6 is 0 Å². The molecule has 0 heterocycles. The molecule has 0 aliphatic heterocycles. The number of rotatable bonds is 10. The van der Waals surface area contributed by atoms with E-state index in [1.807, 2.05) is 21.0 Å². The molecule has 4 heteroatoms. The molecule has 0 spiro atoms. The van der Waals surface area contributed by atoms with Crippen LogP contribution in [0, 0.1) is 0 Å². The van der Waals surface area contributed by atoms with Crippen LogP contribution in [0.3, 0.4) is 0 Å². The van der Waals surface area contributed by atoms with Gasteiger partial charge in [-0.3, -0.25) is 0 Å². The van der Waals surface area contributed by atoms with Gasteiger partial charge in [0.25, 0.3) is 0 Å². The van der Waals surface area contributed by atoms with E-state index in [1.54, 1.807) is 0 Å². The zero-order valence-corrected chi connectivity index (χ0v) is 14.5. The Kier molecular flexibility index (Phi) is 18.1. The molecule has 0 aliphatic rings. The maximum absolute atomic E-state index is 9.25. The van der Waals surface area contributed by atoms with E-state index in [9.17, 15) is 5.11 Å². The van der Waals surface area contributed by atoms with Gasteiger partial charge in [-0.2, -0.15) is 10.2 Å². The van der Waals surface area contributed by atoms with Gasteiger partial charge in [0, 0.05) is 0 Å². The normalized spacial score (nSPS) is 15.6. The summed E-state index contributed by atoms with van der Waals surface area (Å²) in [7, 11) is 3.75. The third-order valence-electron chi connectivity index (χ3n) is 3.04. The summed E-state index contributed by atoms with van der Waals surface area (Å²) in [6.07, 6.45) is 7.50. The fraction of sp³-hybridized carbons (Fsp3) is 1.00. The van der Waals surface area contributed by atoms with Crippen molar-refractivity contribution >= 4 is 0 Å². The highest BCUT2D eigenvalue weighted by atomic mass is 16.3. The van der Waals surface area contributed by atoms with Crippen LogP contribution in [0.25, 0.3) is 0 Å². The molecule has 0 rings (SSSR count). The van der Waals surface area contributed by atoms with Crippen molar-refractivity contribution in [1.82, 2.24) is 5.32 Å². The Morgan fingerprint density at radius 3 is 2.00 bits per heavy atom. The molecule has 0 aromatic rings. The van der Waals surface area contributed by atoms with E-state index >= 15 is 0 Å². The number of hydrogen-bond acceptors (Lipinski definition) is 4. The van der Waals surface area contributed by atoms with Crippen LogP contribution in [0.15, 0.2) is 10.2 Å². The lowest BCUT2D eigenvalue weighted by molar-refractivity contribution is 0.177. The van der Waals surface area contributed by atoms with Crippen LogP contribution in [0.4, 0.5) is 0 Å². The van der Waals surface area contributed by atoms with Crippen molar-refractivity contribution in [2.24, 2.45) is 10.2 Å². The number of unbranched alkanes of at least 4 members (excludes halogenated alkanes) is 2. The first-order valence-corrected chi connectivity index (χ1v) is 8.18. The molecule has 0 aromatic heterocycles. The number of aliphatic hydroxyl groups is 1. The van der Waals surface area contributed by atoms with Gasteiger partial charge in [0.1, 0.15) is 0 Å². The highest BCUT2D eigenvalue weighted by Crippen LogP contribution is 2.12. The summed E-state index contributed by atoms with van der Waals surface area (Å²) in [4.78, 5) is 0. The average Bonchev–Trinajstić information content (AvgIpc) is 2.40. The first kappa shape index (κ1) is 21.8. The Labute approximate surface area is 126 Å². The largest absolute Gasteiger partial charge is 0.393 e. The van der Waals surface area contributed by atoms with Crippen molar-refractivity contribution in [3.8, 4) is 0 Å². The van der Waals surface area contributed by atoms with Crippen LogP contribution in [0.2, 0.25) is 0 Å². The van der Waals surface area contributed by atoms with E-state index in [2.05, 4.69) is 36.3 Å². The van der Waals surface area contributed by atoms with Crippen LogP contribution in [-0.4, -0.2) is 37.4 Å². The Bertz CT molecular complexity index is 208. The molecule has 2 N–H and O–H groups in total. The van der Waals surface area contributed by atoms with Gasteiger partial charge < -0.3 is 10.4 Å². The van der Waals surface area contributed by atoms with Crippen LogP contribution in [0.5, 0.6) is 0 Å². The van der Waals surface area contributed by atoms with Crippen molar-refractivity contribution in [3.63, 3.8) is 0 Å². The monoisotopic (exact) mass is 287 g/mol. The van der Waals surface area contributed by atoms with Crippen LogP contribution < -0.4 is 5.32 Å². The molecule has 122 valence electrons. The molecule has 0 saturated carbocycles. The zero-order chi connectivity index (χ0) is 15.8. The van der Waals surface area contributed by atoms with Crippen molar-refractivity contribution in [3.05, 3.63) is 0 Å². The minimum atomic E-state index is -0.221. The third kappa shape index (κ3) is 17.5. The summed E-state index contributed by atoms with van der Waals surface area (Å²) in [6, 6.07) is 0.639. The third-order valence-corrected chi connectivity index (χ3v) is 3.04. The molecule has 3 atom stereocenters. The first-order chi connectivity index (χ1) is 9.51. The molecular weight excluding hydrogens is 250 g/mol. The lowest BCUT2D eigenvalue weighted by Gasteiger charge is -2.11. The standard InChI is InChI=1S/C14H30N2O.C2H7N/c1-5-7-8-9-12(3)15-16-14(6-2)11-10-13(4)17;1-3-2/h12-14,17H,5-11H2,1-4H3;3H,1-2H3. The predicted octanol–water partition coefficient (Wildman–Crippen LogP) is 4.18. The summed E-state index contributed by atoms with van der Waals surface area (Å²) in [5.74, 6) is 0. The topological polar surface area (TPSA) is 57.0 Å². The first-order valence-electron chi connectivity index (χ1n) is 8.18. The Morgan fingerprint density at radius 1 is 0.950 bits per heavy atom. The fourth-order valence-corrected chi connectivity index (χ4v) is 1.73. The van der Waals surface area contributed by atoms with Crippen molar-refractivity contribution in [2.45, 2.75) is 90.8 Å². The lowest BCUT2D eigenvalue weighted by Crippen LogP contribution is -2.09. The van der Waals surface area contributed by atoms with Crippen LogP contribution in [0.1, 0.15) is 72.6 Å². The second-order valence-electron chi connectivity index (χ2n) is 5.56. The molecular formula is C16H37N3O. The number of nitrogens with one attached hydrogen (secondary N) is 1. The molecule has 0 radical (unpaired) electrons. The Hall–Kier alpha value is -0.480.